The average Bonchev–Trinajstić information content (AvgIpc) is 3.35. The first kappa shape index (κ1) is 24.7. The lowest BCUT2D eigenvalue weighted by Crippen LogP contribution is -2.38. The van der Waals surface area contributed by atoms with Gasteiger partial charge >= 0.3 is 6.18 Å². The molecule has 0 atom stereocenters. The molecule has 0 saturated carbocycles. The van der Waals surface area contributed by atoms with E-state index < -0.39 is 17.6 Å². The van der Waals surface area contributed by atoms with Gasteiger partial charge in [0.15, 0.2) is 0 Å². The molecule has 4 rings (SSSR count). The van der Waals surface area contributed by atoms with Crippen LogP contribution in [0.5, 0.6) is 5.75 Å². The Hall–Kier alpha value is -3.40. The van der Waals surface area contributed by atoms with Crippen LogP contribution in [0.4, 0.5) is 18.9 Å². The van der Waals surface area contributed by atoms with Crippen LogP contribution in [0.3, 0.4) is 0 Å². The Labute approximate surface area is 204 Å². The number of hydrogen-bond acceptors (Lipinski definition) is 5. The van der Waals surface area contributed by atoms with Crippen LogP contribution >= 0.6 is 11.3 Å². The Morgan fingerprint density at radius 1 is 1.11 bits per heavy atom. The summed E-state index contributed by atoms with van der Waals surface area (Å²) in [6.07, 6.45) is -3.48. The lowest BCUT2D eigenvalue weighted by Gasteiger charge is -2.31. The van der Waals surface area contributed by atoms with Gasteiger partial charge in [0.25, 0.3) is 11.8 Å². The van der Waals surface area contributed by atoms with Crippen LogP contribution in [-0.4, -0.2) is 41.9 Å². The number of piperidine rings is 1. The van der Waals surface area contributed by atoms with Crippen molar-refractivity contribution in [3.63, 3.8) is 0 Å². The first-order valence-corrected chi connectivity index (χ1v) is 11.9. The molecule has 1 fully saturated rings. The molecule has 0 unspecified atom stereocenters. The van der Waals surface area contributed by atoms with Crippen LogP contribution < -0.4 is 10.1 Å². The molecule has 2 amide bonds. The lowest BCUT2D eigenvalue weighted by atomic mass is 9.96. The summed E-state index contributed by atoms with van der Waals surface area (Å²) in [7, 11) is 1.53. The van der Waals surface area contributed by atoms with Gasteiger partial charge in [0.05, 0.1) is 28.9 Å². The number of carbonyl (C=O) groups is 2. The Balaban J connectivity index is 1.41. The van der Waals surface area contributed by atoms with Crippen LogP contribution in [0.1, 0.15) is 55.7 Å². The van der Waals surface area contributed by atoms with Crippen molar-refractivity contribution in [2.75, 3.05) is 25.5 Å². The van der Waals surface area contributed by atoms with Crippen LogP contribution in [0.25, 0.3) is 0 Å². The van der Waals surface area contributed by atoms with Crippen molar-refractivity contribution >= 4 is 28.8 Å². The van der Waals surface area contributed by atoms with Crippen molar-refractivity contribution in [1.29, 1.82) is 0 Å². The highest BCUT2D eigenvalue weighted by atomic mass is 32.1. The fourth-order valence-electron chi connectivity index (χ4n) is 4.14. The molecule has 1 aliphatic rings. The van der Waals surface area contributed by atoms with E-state index in [0.717, 1.165) is 16.6 Å². The molecule has 1 N–H and O–H groups in total. The van der Waals surface area contributed by atoms with Crippen molar-refractivity contribution in [3.8, 4) is 5.75 Å². The number of benzene rings is 2. The number of aryl methyl sites for hydroxylation is 1. The van der Waals surface area contributed by atoms with Crippen molar-refractivity contribution in [2.24, 2.45) is 0 Å². The average molecular weight is 504 g/mol. The first-order chi connectivity index (χ1) is 16.7. The number of likely N-dealkylation sites (tertiary alicyclic amines) is 1. The maximum absolute atomic E-state index is 13.3. The smallest absolute Gasteiger partial charge is 0.417 e. The van der Waals surface area contributed by atoms with Crippen LogP contribution in [0, 0.1) is 6.92 Å². The number of hydrogen-bond donors (Lipinski definition) is 1. The van der Waals surface area contributed by atoms with Crippen molar-refractivity contribution < 1.29 is 27.5 Å². The highest BCUT2D eigenvalue weighted by Gasteiger charge is 2.36. The van der Waals surface area contributed by atoms with E-state index >= 15 is 0 Å². The van der Waals surface area contributed by atoms with E-state index in [4.69, 9.17) is 4.74 Å². The van der Waals surface area contributed by atoms with Gasteiger partial charge in [-0.05, 0) is 43.5 Å². The van der Waals surface area contributed by atoms with Crippen LogP contribution in [-0.2, 0) is 6.18 Å². The maximum atomic E-state index is 13.3. The van der Waals surface area contributed by atoms with E-state index in [1.165, 1.54) is 41.5 Å². The minimum Gasteiger partial charge on any atom is -0.495 e. The number of nitrogens with one attached hydrogen (secondary N) is 1. The molecule has 0 radical (unpaired) electrons. The summed E-state index contributed by atoms with van der Waals surface area (Å²) in [4.78, 5) is 31.5. The predicted molar refractivity (Wildman–Crippen MR) is 127 cm³/mol. The van der Waals surface area contributed by atoms with Crippen LogP contribution in [0.2, 0.25) is 0 Å². The summed E-state index contributed by atoms with van der Waals surface area (Å²) in [5, 5.41) is 5.32. The number of alkyl halides is 3. The molecule has 3 aromatic rings. The molecule has 0 aliphatic carbocycles. The highest BCUT2D eigenvalue weighted by molar-refractivity contribution is 7.10. The number of thiazole rings is 1. The van der Waals surface area contributed by atoms with Gasteiger partial charge < -0.3 is 15.0 Å². The van der Waals surface area contributed by atoms with Gasteiger partial charge in [-0.2, -0.15) is 13.2 Å². The van der Waals surface area contributed by atoms with Gasteiger partial charge in [0.2, 0.25) is 0 Å². The fourth-order valence-corrected chi connectivity index (χ4v) is 5.12. The Kier molecular flexibility index (Phi) is 7.11. The molecule has 1 saturated heterocycles. The van der Waals surface area contributed by atoms with Gasteiger partial charge in [0, 0.05) is 24.4 Å². The third-order valence-electron chi connectivity index (χ3n) is 6.04. The number of para-hydroxylation sites is 1. The third-order valence-corrected chi connectivity index (χ3v) is 7.05. The largest absolute Gasteiger partial charge is 0.495 e. The summed E-state index contributed by atoms with van der Waals surface area (Å²) in [6, 6.07) is 10.3. The van der Waals surface area contributed by atoms with Crippen molar-refractivity contribution in [3.05, 3.63) is 75.2 Å². The van der Waals surface area contributed by atoms with Crippen molar-refractivity contribution in [2.45, 2.75) is 31.9 Å². The molecule has 2 heterocycles. The zero-order valence-corrected chi connectivity index (χ0v) is 20.0. The number of halogens is 3. The summed E-state index contributed by atoms with van der Waals surface area (Å²) >= 11 is 1.37. The number of aromatic nitrogens is 1. The van der Waals surface area contributed by atoms with E-state index in [0.29, 0.717) is 37.4 Å². The van der Waals surface area contributed by atoms with Crippen molar-refractivity contribution in [1.82, 2.24) is 9.88 Å². The second-order valence-corrected chi connectivity index (χ2v) is 9.18. The Morgan fingerprint density at radius 3 is 2.51 bits per heavy atom. The summed E-state index contributed by atoms with van der Waals surface area (Å²) in [5.41, 5.74) is 0.469. The highest BCUT2D eigenvalue weighted by Crippen LogP contribution is 2.35. The molecular weight excluding hydrogens is 479 g/mol. The van der Waals surface area contributed by atoms with Crippen LogP contribution in [0.15, 0.2) is 47.8 Å². The van der Waals surface area contributed by atoms with E-state index in [2.05, 4.69) is 10.3 Å². The fraction of sp³-hybridized carbons (Fsp3) is 0.320. The summed E-state index contributed by atoms with van der Waals surface area (Å²) in [6.45, 7) is 2.50. The number of rotatable bonds is 5. The SMILES string of the molecule is COc1cccc(C)c1NC(=O)c1csc(C2CCN(C(=O)c3ccccc3C(F)(F)F)CC2)n1. The number of anilines is 1. The van der Waals surface area contributed by atoms with E-state index in [1.54, 1.807) is 11.4 Å². The Morgan fingerprint density at radius 2 is 1.83 bits per heavy atom. The van der Waals surface area contributed by atoms with E-state index in [9.17, 15) is 22.8 Å². The normalized spacial score (nSPS) is 14.6. The number of methoxy groups -OCH3 is 1. The van der Waals surface area contributed by atoms with E-state index in [1.807, 2.05) is 19.1 Å². The molecule has 0 bridgehead atoms. The number of nitrogens with zero attached hydrogens (tertiary/aromatic N) is 2. The van der Waals surface area contributed by atoms with E-state index in [-0.39, 0.29) is 23.1 Å². The quantitative estimate of drug-likeness (QED) is 0.481. The molecule has 0 spiro atoms. The van der Waals surface area contributed by atoms with Gasteiger partial charge in [-0.3, -0.25) is 9.59 Å². The first-order valence-electron chi connectivity index (χ1n) is 11.0. The second kappa shape index (κ2) is 10.1. The summed E-state index contributed by atoms with van der Waals surface area (Å²) in [5.74, 6) is -0.395. The summed E-state index contributed by atoms with van der Waals surface area (Å²) < 4.78 is 45.3. The monoisotopic (exact) mass is 503 g/mol. The topological polar surface area (TPSA) is 71.5 Å². The Bertz CT molecular complexity index is 1230. The van der Waals surface area contributed by atoms with Gasteiger partial charge in [-0.15, -0.1) is 11.3 Å². The van der Waals surface area contributed by atoms with Gasteiger partial charge in [0.1, 0.15) is 11.4 Å². The molecular formula is C25H24F3N3O3S. The number of carbonyl (C=O) groups excluding carboxylic acids is 2. The lowest BCUT2D eigenvalue weighted by molar-refractivity contribution is -0.138. The molecule has 10 heteroatoms. The van der Waals surface area contributed by atoms with Gasteiger partial charge in [-0.25, -0.2) is 4.98 Å². The molecule has 1 aromatic heterocycles. The third kappa shape index (κ3) is 5.32. The van der Waals surface area contributed by atoms with Gasteiger partial charge in [-0.1, -0.05) is 24.3 Å². The molecule has 1 aliphatic heterocycles. The standard InChI is InChI=1S/C25H24F3N3O3S/c1-15-6-5-9-20(34-2)21(15)30-22(32)19-14-35-23(29-19)16-10-12-31(13-11-16)24(33)17-7-3-4-8-18(17)25(26,27)28/h3-9,14,16H,10-13H2,1-2H3,(H,30,32). The second-order valence-electron chi connectivity index (χ2n) is 8.29. The molecule has 184 valence electrons. The zero-order valence-electron chi connectivity index (χ0n) is 19.2. The molecule has 2 aromatic carbocycles. The zero-order chi connectivity index (χ0) is 25.2. The minimum atomic E-state index is -4.59. The number of ether oxygens (including phenoxy) is 1. The minimum absolute atomic E-state index is 0.0245. The maximum Gasteiger partial charge on any atom is 0.417 e. The molecule has 6 nitrogen and oxygen atoms in total. The number of amides is 2. The molecule has 35 heavy (non-hydrogen) atoms. The predicted octanol–water partition coefficient (Wildman–Crippen LogP) is 5.75.